The van der Waals surface area contributed by atoms with Crippen molar-refractivity contribution in [3.63, 3.8) is 0 Å². The molecule has 1 amide bonds. The first-order valence-electron chi connectivity index (χ1n) is 10.4. The number of aryl methyl sites for hydroxylation is 2. The predicted molar refractivity (Wildman–Crippen MR) is 120 cm³/mol. The van der Waals surface area contributed by atoms with Crippen LogP contribution < -0.4 is 10.6 Å². The van der Waals surface area contributed by atoms with Crippen LogP contribution in [0.2, 0.25) is 0 Å². The molecule has 0 radical (unpaired) electrons. The third-order valence-corrected chi connectivity index (χ3v) is 6.01. The van der Waals surface area contributed by atoms with Gasteiger partial charge in [0, 0.05) is 42.2 Å². The Morgan fingerprint density at radius 3 is 2.73 bits per heavy atom. The number of benzene rings is 2. The molecule has 0 unspecified atom stereocenters. The maximum atomic E-state index is 15.7. The highest BCUT2D eigenvalue weighted by atomic mass is 19.1. The molecule has 3 N–H and O–H groups in total. The second-order valence-electron chi connectivity index (χ2n) is 8.13. The van der Waals surface area contributed by atoms with E-state index in [1.807, 2.05) is 0 Å². The number of hydrogen-bond donors (Lipinski definition) is 2. The molecule has 3 heterocycles. The number of aliphatic hydroxyl groups is 1. The summed E-state index contributed by atoms with van der Waals surface area (Å²) in [5, 5.41) is 11.1. The van der Waals surface area contributed by atoms with Gasteiger partial charge < -0.3 is 20.3 Å². The van der Waals surface area contributed by atoms with Crippen molar-refractivity contribution in [2.24, 2.45) is 7.05 Å². The molecule has 0 spiro atoms. The zero-order valence-corrected chi connectivity index (χ0v) is 18.0. The van der Waals surface area contributed by atoms with Crippen LogP contribution in [-0.2, 0) is 18.3 Å². The molecule has 0 saturated heterocycles. The molecule has 2 aromatic heterocycles. The van der Waals surface area contributed by atoms with Gasteiger partial charge in [-0.05, 0) is 43.2 Å². The number of aliphatic hydroxyl groups excluding tert-OH is 1. The molecule has 0 saturated carbocycles. The van der Waals surface area contributed by atoms with Crippen molar-refractivity contribution in [1.29, 1.82) is 0 Å². The lowest BCUT2D eigenvalue weighted by molar-refractivity contribution is -0.126. The summed E-state index contributed by atoms with van der Waals surface area (Å²) in [7, 11) is 1.80. The Balaban J connectivity index is 1.55. The topological polar surface area (TPSA) is 97.3 Å². The molecule has 0 bridgehead atoms. The van der Waals surface area contributed by atoms with Crippen LogP contribution >= 0.6 is 0 Å². The van der Waals surface area contributed by atoms with Crippen molar-refractivity contribution in [2.45, 2.75) is 19.4 Å². The molecule has 0 aliphatic carbocycles. The average Bonchev–Trinajstić information content (AvgIpc) is 3.35. The van der Waals surface area contributed by atoms with Crippen molar-refractivity contribution >= 4 is 28.4 Å². The van der Waals surface area contributed by atoms with E-state index in [4.69, 9.17) is 5.73 Å². The van der Waals surface area contributed by atoms with Gasteiger partial charge in [0.15, 0.2) is 6.10 Å². The van der Waals surface area contributed by atoms with Crippen molar-refractivity contribution in [3.8, 4) is 11.1 Å². The van der Waals surface area contributed by atoms with Crippen LogP contribution in [0.3, 0.4) is 0 Å². The number of nitrogens with zero attached hydrogens (tertiary/aromatic N) is 4. The maximum Gasteiger partial charge on any atom is 0.260 e. The van der Waals surface area contributed by atoms with Gasteiger partial charge in [0.2, 0.25) is 0 Å². The van der Waals surface area contributed by atoms with Crippen LogP contribution in [0.1, 0.15) is 23.1 Å². The minimum atomic E-state index is -1.55. The van der Waals surface area contributed by atoms with Gasteiger partial charge in [-0.25, -0.2) is 18.7 Å². The van der Waals surface area contributed by atoms with E-state index in [9.17, 15) is 14.3 Å². The quantitative estimate of drug-likeness (QED) is 0.500. The van der Waals surface area contributed by atoms with E-state index >= 15 is 4.39 Å². The highest BCUT2D eigenvalue weighted by molar-refractivity contribution is 6.02. The summed E-state index contributed by atoms with van der Waals surface area (Å²) in [6.07, 6.45) is 0.491. The average molecular weight is 449 g/mol. The number of aromatic nitrogens is 3. The molecular formula is C24H21F2N5O2. The normalized spacial score (nSPS) is 14.0. The van der Waals surface area contributed by atoms with Crippen molar-refractivity contribution < 1.29 is 18.7 Å². The fourth-order valence-electron chi connectivity index (χ4n) is 4.47. The van der Waals surface area contributed by atoms with Gasteiger partial charge >= 0.3 is 0 Å². The molecule has 1 atom stereocenters. The lowest BCUT2D eigenvalue weighted by atomic mass is 10.0. The number of nitrogens with two attached hydrogens (primary N) is 1. The summed E-state index contributed by atoms with van der Waals surface area (Å²) >= 11 is 0. The van der Waals surface area contributed by atoms with Gasteiger partial charge in [-0.1, -0.05) is 12.1 Å². The molecule has 9 heteroatoms. The SMILES string of the molecule is Cc1nc(N)c2c(-c3ccc4c(c3F)CCN4C(=O)[C@H](O)c3cccc(F)c3)cn(C)c2n1. The van der Waals surface area contributed by atoms with E-state index in [1.165, 1.54) is 23.1 Å². The largest absolute Gasteiger partial charge is 0.383 e. The number of carbonyl (C=O) groups is 1. The zero-order valence-electron chi connectivity index (χ0n) is 18.0. The first-order valence-corrected chi connectivity index (χ1v) is 10.4. The third-order valence-electron chi connectivity index (χ3n) is 6.01. The van der Waals surface area contributed by atoms with Gasteiger partial charge in [0.05, 0.1) is 5.39 Å². The second kappa shape index (κ2) is 7.63. The van der Waals surface area contributed by atoms with E-state index < -0.39 is 23.6 Å². The highest BCUT2D eigenvalue weighted by Gasteiger charge is 2.33. The first kappa shape index (κ1) is 21.0. The summed E-state index contributed by atoms with van der Waals surface area (Å²) in [6, 6.07) is 8.48. The molecule has 4 aromatic rings. The minimum absolute atomic E-state index is 0.145. The van der Waals surface area contributed by atoms with E-state index in [2.05, 4.69) is 9.97 Å². The fraction of sp³-hybridized carbons (Fsp3) is 0.208. The number of carbonyl (C=O) groups excluding carboxylic acids is 1. The Morgan fingerprint density at radius 1 is 1.18 bits per heavy atom. The zero-order chi connectivity index (χ0) is 23.4. The van der Waals surface area contributed by atoms with Crippen LogP contribution in [0.4, 0.5) is 20.3 Å². The smallest absolute Gasteiger partial charge is 0.260 e. The molecule has 1 aliphatic heterocycles. The Kier molecular flexibility index (Phi) is 4.86. The molecule has 2 aromatic carbocycles. The number of halogens is 2. The number of anilines is 2. The van der Waals surface area contributed by atoms with E-state index in [0.717, 1.165) is 6.07 Å². The second-order valence-corrected chi connectivity index (χ2v) is 8.13. The van der Waals surface area contributed by atoms with E-state index in [0.29, 0.717) is 39.2 Å². The molecule has 5 rings (SSSR count). The molecule has 7 nitrogen and oxygen atoms in total. The van der Waals surface area contributed by atoms with Gasteiger partial charge in [-0.15, -0.1) is 0 Å². The number of rotatable bonds is 3. The van der Waals surface area contributed by atoms with Gasteiger partial charge in [-0.3, -0.25) is 4.79 Å². The monoisotopic (exact) mass is 449 g/mol. The van der Waals surface area contributed by atoms with Crippen molar-refractivity contribution in [2.75, 3.05) is 17.2 Å². The van der Waals surface area contributed by atoms with Crippen LogP contribution in [0.15, 0.2) is 42.6 Å². The Bertz CT molecular complexity index is 1430. The highest BCUT2D eigenvalue weighted by Crippen LogP contribution is 2.40. The van der Waals surface area contributed by atoms with E-state index in [-0.39, 0.29) is 24.3 Å². The molecule has 1 aliphatic rings. The first-order chi connectivity index (χ1) is 15.8. The predicted octanol–water partition coefficient (Wildman–Crippen LogP) is 3.43. The summed E-state index contributed by atoms with van der Waals surface area (Å²) in [6.45, 7) is 1.95. The number of hydrogen-bond acceptors (Lipinski definition) is 5. The van der Waals surface area contributed by atoms with Crippen LogP contribution in [0.5, 0.6) is 0 Å². The Morgan fingerprint density at radius 2 is 1.97 bits per heavy atom. The summed E-state index contributed by atoms with van der Waals surface area (Å²) in [5.41, 5.74) is 8.54. The van der Waals surface area contributed by atoms with Gasteiger partial charge in [0.25, 0.3) is 5.91 Å². The number of amides is 1. The molecule has 0 fully saturated rings. The Labute approximate surface area is 188 Å². The third kappa shape index (κ3) is 3.32. The summed E-state index contributed by atoms with van der Waals surface area (Å²) < 4.78 is 31.0. The standard InChI is InChI=1S/C24H21F2N5O2/c1-12-28-22(27)19-17(11-30(2)23(19)29-12)15-6-7-18-16(20(15)26)8-9-31(18)24(33)21(32)13-4-3-5-14(25)10-13/h3-7,10-11,21,32H,8-9H2,1-2H3,(H2,27,28,29)/t21-/m1/s1. The molecule has 33 heavy (non-hydrogen) atoms. The van der Waals surface area contributed by atoms with Gasteiger partial charge in [0.1, 0.15) is 28.9 Å². The summed E-state index contributed by atoms with van der Waals surface area (Å²) in [4.78, 5) is 22.9. The maximum absolute atomic E-state index is 15.7. The van der Waals surface area contributed by atoms with E-state index in [1.54, 1.807) is 36.9 Å². The molecular weight excluding hydrogens is 428 g/mol. The fourth-order valence-corrected chi connectivity index (χ4v) is 4.47. The Hall–Kier alpha value is -3.85. The minimum Gasteiger partial charge on any atom is -0.383 e. The van der Waals surface area contributed by atoms with Gasteiger partial charge in [-0.2, -0.15) is 0 Å². The lowest BCUT2D eigenvalue weighted by Gasteiger charge is -2.21. The molecule has 168 valence electrons. The summed E-state index contributed by atoms with van der Waals surface area (Å²) in [5.74, 6) is -0.859. The van der Waals surface area contributed by atoms with Crippen LogP contribution in [-0.4, -0.2) is 32.1 Å². The van der Waals surface area contributed by atoms with Crippen molar-refractivity contribution in [1.82, 2.24) is 14.5 Å². The lowest BCUT2D eigenvalue weighted by Crippen LogP contribution is -2.33. The van der Waals surface area contributed by atoms with Crippen LogP contribution in [0, 0.1) is 18.6 Å². The van der Waals surface area contributed by atoms with Crippen molar-refractivity contribution in [3.05, 3.63) is 71.2 Å². The number of nitrogen functional groups attached to an aromatic ring is 1. The number of fused-ring (bicyclic) bond motifs is 2. The van der Waals surface area contributed by atoms with Crippen LogP contribution in [0.25, 0.3) is 22.2 Å².